The topological polar surface area (TPSA) is 35.5 Å². The van der Waals surface area contributed by atoms with Crippen molar-refractivity contribution in [1.82, 2.24) is 0 Å². The van der Waals surface area contributed by atoms with Crippen molar-refractivity contribution in [2.45, 2.75) is 6.61 Å². The molecule has 0 radical (unpaired) electrons. The molecule has 0 fully saturated rings. The summed E-state index contributed by atoms with van der Waals surface area (Å²) in [7, 11) is 1.34. The lowest BCUT2D eigenvalue weighted by Crippen LogP contribution is -2.07. The Morgan fingerprint density at radius 3 is 2.60 bits per heavy atom. The maximum absolute atomic E-state index is 11.6. The van der Waals surface area contributed by atoms with Crippen LogP contribution >= 0.6 is 23.2 Å². The predicted octanol–water partition coefficient (Wildman–Crippen LogP) is 4.36. The van der Waals surface area contributed by atoms with Gasteiger partial charge in [0.1, 0.15) is 12.4 Å². The first-order valence-corrected chi connectivity index (χ1v) is 6.61. The molecule has 20 heavy (non-hydrogen) atoms. The number of benzene rings is 2. The van der Waals surface area contributed by atoms with Crippen LogP contribution in [0.5, 0.6) is 5.75 Å². The van der Waals surface area contributed by atoms with Crippen molar-refractivity contribution in [2.24, 2.45) is 0 Å². The molecule has 0 aromatic heterocycles. The highest BCUT2D eigenvalue weighted by molar-refractivity contribution is 6.35. The number of rotatable bonds is 4. The quantitative estimate of drug-likeness (QED) is 0.787. The van der Waals surface area contributed by atoms with Gasteiger partial charge in [-0.2, -0.15) is 0 Å². The zero-order valence-electron chi connectivity index (χ0n) is 10.7. The molecule has 0 amide bonds. The second-order valence-electron chi connectivity index (χ2n) is 4.01. The summed E-state index contributed by atoms with van der Waals surface area (Å²) in [5.41, 5.74) is 1.20. The molecule has 0 N–H and O–H groups in total. The van der Waals surface area contributed by atoms with Gasteiger partial charge in [0.25, 0.3) is 0 Å². The summed E-state index contributed by atoms with van der Waals surface area (Å²) in [4.78, 5) is 11.6. The molecule has 0 spiro atoms. The molecule has 5 heteroatoms. The lowest BCUT2D eigenvalue weighted by atomic mass is 10.1. The summed E-state index contributed by atoms with van der Waals surface area (Å²) in [6.45, 7) is 0.215. The van der Waals surface area contributed by atoms with E-state index in [1.165, 1.54) is 7.11 Å². The Kier molecular flexibility index (Phi) is 4.88. The Balaban J connectivity index is 2.17. The predicted molar refractivity (Wildman–Crippen MR) is 78.6 cm³/mol. The van der Waals surface area contributed by atoms with Crippen LogP contribution in [0.25, 0.3) is 0 Å². The number of methoxy groups -OCH3 is 1. The van der Waals surface area contributed by atoms with Crippen LogP contribution in [0.1, 0.15) is 15.9 Å². The van der Waals surface area contributed by atoms with Crippen LogP contribution < -0.4 is 4.74 Å². The van der Waals surface area contributed by atoms with E-state index in [0.717, 1.165) is 5.56 Å². The molecule has 2 aromatic carbocycles. The van der Waals surface area contributed by atoms with Crippen molar-refractivity contribution >= 4 is 29.2 Å². The van der Waals surface area contributed by atoms with Crippen LogP contribution in [0.4, 0.5) is 0 Å². The van der Waals surface area contributed by atoms with Crippen molar-refractivity contribution in [3.8, 4) is 5.75 Å². The summed E-state index contributed by atoms with van der Waals surface area (Å²) in [5, 5.41) is 0.963. The van der Waals surface area contributed by atoms with E-state index in [4.69, 9.17) is 32.7 Å². The first kappa shape index (κ1) is 14.7. The van der Waals surface area contributed by atoms with Crippen LogP contribution in [0, 0.1) is 0 Å². The van der Waals surface area contributed by atoms with E-state index in [1.54, 1.807) is 36.4 Å². The normalized spacial score (nSPS) is 10.2. The van der Waals surface area contributed by atoms with Gasteiger partial charge in [-0.3, -0.25) is 0 Å². The highest BCUT2D eigenvalue weighted by Crippen LogP contribution is 2.28. The maximum Gasteiger partial charge on any atom is 0.338 e. The summed E-state index contributed by atoms with van der Waals surface area (Å²) in [6.07, 6.45) is 0. The molecule has 0 aliphatic rings. The molecule has 104 valence electrons. The van der Waals surface area contributed by atoms with Crippen LogP contribution in [0.2, 0.25) is 10.0 Å². The number of carbonyl (C=O) groups excluding carboxylic acids is 1. The standard InChI is InChI=1S/C15H12Cl2O3/c1-19-15(18)12-5-3-2-4-10(12)9-20-14-7-6-11(16)8-13(14)17/h2-8H,9H2,1H3. The van der Waals surface area contributed by atoms with E-state index in [0.29, 0.717) is 21.4 Å². The number of esters is 1. The van der Waals surface area contributed by atoms with Gasteiger partial charge in [0, 0.05) is 10.6 Å². The summed E-state index contributed by atoms with van der Waals surface area (Å²) >= 11 is 11.8. The van der Waals surface area contributed by atoms with E-state index in [1.807, 2.05) is 6.07 Å². The fraction of sp³-hybridized carbons (Fsp3) is 0.133. The largest absolute Gasteiger partial charge is 0.487 e. The second-order valence-corrected chi connectivity index (χ2v) is 4.86. The van der Waals surface area contributed by atoms with Crippen molar-refractivity contribution < 1.29 is 14.3 Å². The Bertz CT molecular complexity index is 626. The summed E-state index contributed by atoms with van der Waals surface area (Å²) in [5.74, 6) is 0.113. The summed E-state index contributed by atoms with van der Waals surface area (Å²) in [6, 6.07) is 12.1. The third-order valence-corrected chi connectivity index (χ3v) is 3.23. The van der Waals surface area contributed by atoms with E-state index < -0.39 is 5.97 Å². The van der Waals surface area contributed by atoms with Gasteiger partial charge in [0.05, 0.1) is 17.7 Å². The van der Waals surface area contributed by atoms with Crippen molar-refractivity contribution in [3.05, 3.63) is 63.6 Å². The van der Waals surface area contributed by atoms with Crippen molar-refractivity contribution in [3.63, 3.8) is 0 Å². The third-order valence-electron chi connectivity index (χ3n) is 2.70. The molecular weight excluding hydrogens is 299 g/mol. The van der Waals surface area contributed by atoms with E-state index in [-0.39, 0.29) is 6.61 Å². The van der Waals surface area contributed by atoms with Gasteiger partial charge < -0.3 is 9.47 Å². The summed E-state index contributed by atoms with van der Waals surface area (Å²) < 4.78 is 10.3. The first-order valence-electron chi connectivity index (χ1n) is 5.86. The van der Waals surface area contributed by atoms with E-state index in [2.05, 4.69) is 0 Å². The Hall–Kier alpha value is -1.71. The van der Waals surface area contributed by atoms with Gasteiger partial charge >= 0.3 is 5.97 Å². The first-order chi connectivity index (χ1) is 9.61. The average molecular weight is 311 g/mol. The molecule has 0 saturated heterocycles. The van der Waals surface area contributed by atoms with Gasteiger partial charge in [0.2, 0.25) is 0 Å². The average Bonchev–Trinajstić information content (AvgIpc) is 2.46. The van der Waals surface area contributed by atoms with Gasteiger partial charge in [-0.1, -0.05) is 41.4 Å². The van der Waals surface area contributed by atoms with Gasteiger partial charge in [-0.05, 0) is 24.3 Å². The molecule has 0 saturated carbocycles. The lowest BCUT2D eigenvalue weighted by molar-refractivity contribution is 0.0598. The molecule has 0 heterocycles. The Morgan fingerprint density at radius 2 is 1.90 bits per heavy atom. The van der Waals surface area contributed by atoms with Crippen molar-refractivity contribution in [1.29, 1.82) is 0 Å². The molecule has 3 nitrogen and oxygen atoms in total. The number of hydrogen-bond acceptors (Lipinski definition) is 3. The number of ether oxygens (including phenoxy) is 2. The molecule has 0 bridgehead atoms. The zero-order chi connectivity index (χ0) is 14.5. The lowest BCUT2D eigenvalue weighted by Gasteiger charge is -2.11. The number of halogens is 2. The number of carbonyl (C=O) groups is 1. The monoisotopic (exact) mass is 310 g/mol. The van der Waals surface area contributed by atoms with Crippen LogP contribution in [-0.4, -0.2) is 13.1 Å². The highest BCUT2D eigenvalue weighted by atomic mass is 35.5. The van der Waals surface area contributed by atoms with Gasteiger partial charge in [-0.25, -0.2) is 4.79 Å². The smallest absolute Gasteiger partial charge is 0.338 e. The minimum Gasteiger partial charge on any atom is -0.487 e. The molecule has 0 aliphatic carbocycles. The second kappa shape index (κ2) is 6.64. The highest BCUT2D eigenvalue weighted by Gasteiger charge is 2.12. The van der Waals surface area contributed by atoms with Crippen LogP contribution in [0.3, 0.4) is 0 Å². The van der Waals surface area contributed by atoms with Crippen LogP contribution in [-0.2, 0) is 11.3 Å². The fourth-order valence-electron chi connectivity index (χ4n) is 1.70. The molecule has 0 unspecified atom stereocenters. The van der Waals surface area contributed by atoms with E-state index >= 15 is 0 Å². The SMILES string of the molecule is COC(=O)c1ccccc1COc1ccc(Cl)cc1Cl. The number of hydrogen-bond donors (Lipinski definition) is 0. The third kappa shape index (κ3) is 3.44. The minimum absolute atomic E-state index is 0.215. The fourth-order valence-corrected chi connectivity index (χ4v) is 2.17. The Labute approximate surface area is 127 Å². The van der Waals surface area contributed by atoms with Gasteiger partial charge in [-0.15, -0.1) is 0 Å². The van der Waals surface area contributed by atoms with Crippen LogP contribution in [0.15, 0.2) is 42.5 Å². The molecule has 2 rings (SSSR count). The molecular formula is C15H12Cl2O3. The van der Waals surface area contributed by atoms with E-state index in [9.17, 15) is 4.79 Å². The Morgan fingerprint density at radius 1 is 1.15 bits per heavy atom. The zero-order valence-corrected chi connectivity index (χ0v) is 12.2. The molecule has 0 atom stereocenters. The minimum atomic E-state index is -0.397. The molecule has 2 aromatic rings. The van der Waals surface area contributed by atoms with Crippen molar-refractivity contribution in [2.75, 3.05) is 7.11 Å². The molecule has 0 aliphatic heterocycles. The maximum atomic E-state index is 11.6. The van der Waals surface area contributed by atoms with Gasteiger partial charge in [0.15, 0.2) is 0 Å².